The van der Waals surface area contributed by atoms with Crippen molar-refractivity contribution in [2.45, 2.75) is 11.8 Å². The molecule has 26 heavy (non-hydrogen) atoms. The number of nitrogens with zero attached hydrogens (tertiary/aromatic N) is 1. The maximum atomic E-state index is 13.7. The first-order valence-corrected chi connectivity index (χ1v) is 7.17. The van der Waals surface area contributed by atoms with E-state index in [-0.39, 0.29) is 16.3 Å². The summed E-state index contributed by atoms with van der Waals surface area (Å²) in [7, 11) is 0. The van der Waals surface area contributed by atoms with Gasteiger partial charge in [0.05, 0.1) is 5.69 Å². The number of halogens is 5. The van der Waals surface area contributed by atoms with Gasteiger partial charge in [0.1, 0.15) is 11.6 Å². The fourth-order valence-corrected chi connectivity index (χ4v) is 2.45. The quantitative estimate of drug-likeness (QED) is 0.642. The van der Waals surface area contributed by atoms with Gasteiger partial charge in [0.2, 0.25) is 0 Å². The lowest BCUT2D eigenvalue weighted by molar-refractivity contribution is -0.185. The molecule has 0 aliphatic carbocycles. The number of hydrogen-bond donors (Lipinski definition) is 2. The molecule has 0 radical (unpaired) electrons. The zero-order valence-electron chi connectivity index (χ0n) is 12.8. The molecule has 3 rings (SSSR count). The van der Waals surface area contributed by atoms with E-state index in [9.17, 15) is 31.5 Å². The molecule has 1 saturated heterocycles. The van der Waals surface area contributed by atoms with Gasteiger partial charge in [-0.25, -0.2) is 18.5 Å². The van der Waals surface area contributed by atoms with Crippen molar-refractivity contribution in [1.82, 2.24) is 5.32 Å². The van der Waals surface area contributed by atoms with Crippen molar-refractivity contribution in [1.29, 1.82) is 0 Å². The molecule has 10 heteroatoms. The highest BCUT2D eigenvalue weighted by atomic mass is 19.4. The van der Waals surface area contributed by atoms with Crippen molar-refractivity contribution in [2.24, 2.45) is 0 Å². The fraction of sp³-hybridized carbons (Fsp3) is 0.125. The third-order valence-electron chi connectivity index (χ3n) is 3.71. The number of alkyl halides is 3. The van der Waals surface area contributed by atoms with Gasteiger partial charge in [0.25, 0.3) is 11.6 Å². The summed E-state index contributed by atoms with van der Waals surface area (Å²) >= 11 is 0. The van der Waals surface area contributed by atoms with Crippen molar-refractivity contribution in [3.8, 4) is 0 Å². The average Bonchev–Trinajstić information content (AvgIpc) is 2.82. The van der Waals surface area contributed by atoms with Crippen molar-refractivity contribution >= 4 is 23.3 Å². The molecule has 1 heterocycles. The van der Waals surface area contributed by atoms with E-state index in [1.165, 1.54) is 0 Å². The third kappa shape index (κ3) is 2.83. The van der Waals surface area contributed by atoms with Crippen LogP contribution < -0.4 is 15.5 Å². The van der Waals surface area contributed by atoms with E-state index in [1.54, 1.807) is 5.32 Å². The molecule has 0 saturated carbocycles. The number of hydrogen-bond acceptors (Lipinski definition) is 3. The Labute approximate surface area is 143 Å². The van der Waals surface area contributed by atoms with E-state index in [2.05, 4.69) is 0 Å². The van der Waals surface area contributed by atoms with E-state index >= 15 is 0 Å². The molecular weight excluding hydrogens is 361 g/mol. The van der Waals surface area contributed by atoms with Gasteiger partial charge in [-0.15, -0.1) is 0 Å². The topological polar surface area (TPSA) is 61.4 Å². The van der Waals surface area contributed by atoms with Crippen LogP contribution in [0.5, 0.6) is 0 Å². The molecule has 0 unspecified atom stereocenters. The molecule has 1 fully saturated rings. The Balaban J connectivity index is 2.03. The second-order valence-corrected chi connectivity index (χ2v) is 5.43. The van der Waals surface area contributed by atoms with Crippen molar-refractivity contribution in [3.05, 3.63) is 60.2 Å². The maximum Gasteiger partial charge on any atom is 0.440 e. The van der Waals surface area contributed by atoms with E-state index in [0.29, 0.717) is 0 Å². The lowest BCUT2D eigenvalue weighted by Gasteiger charge is -2.30. The van der Waals surface area contributed by atoms with Gasteiger partial charge >= 0.3 is 12.2 Å². The van der Waals surface area contributed by atoms with Gasteiger partial charge in [-0.1, -0.05) is 0 Å². The molecule has 2 N–H and O–H groups in total. The SMILES string of the molecule is O=C1N[C@@](Nc2ccc(F)cc2)(C(F)(F)F)C(=O)N1c1ccc(F)cc1. The number of imide groups is 1. The van der Waals surface area contributed by atoms with Gasteiger partial charge in [-0.2, -0.15) is 13.2 Å². The largest absolute Gasteiger partial charge is 0.440 e. The number of amides is 3. The molecular formula is C16H10F5N3O2. The van der Waals surface area contributed by atoms with Crippen LogP contribution in [0.25, 0.3) is 0 Å². The normalized spacial score (nSPS) is 20.3. The summed E-state index contributed by atoms with van der Waals surface area (Å²) < 4.78 is 67.1. The first-order valence-electron chi connectivity index (χ1n) is 7.17. The lowest BCUT2D eigenvalue weighted by atomic mass is 10.1. The molecule has 0 bridgehead atoms. The number of nitrogens with one attached hydrogen (secondary N) is 2. The highest BCUT2D eigenvalue weighted by Crippen LogP contribution is 2.38. The van der Waals surface area contributed by atoms with Crippen LogP contribution in [0.15, 0.2) is 48.5 Å². The van der Waals surface area contributed by atoms with Crippen molar-refractivity contribution < 1.29 is 31.5 Å². The Hall–Kier alpha value is -3.17. The Bertz CT molecular complexity index is 852. The molecule has 2 aromatic carbocycles. The highest BCUT2D eigenvalue weighted by Gasteiger charge is 2.68. The second-order valence-electron chi connectivity index (χ2n) is 5.43. The minimum atomic E-state index is -5.22. The summed E-state index contributed by atoms with van der Waals surface area (Å²) in [5, 5.41) is 3.52. The molecule has 1 atom stereocenters. The Kier molecular flexibility index (Phi) is 4.05. The van der Waals surface area contributed by atoms with E-state index in [0.717, 1.165) is 48.5 Å². The Morgan fingerprint density at radius 2 is 1.38 bits per heavy atom. The van der Waals surface area contributed by atoms with Crippen LogP contribution in [0.2, 0.25) is 0 Å². The van der Waals surface area contributed by atoms with E-state index in [4.69, 9.17) is 0 Å². The average molecular weight is 371 g/mol. The van der Waals surface area contributed by atoms with Crippen LogP contribution in [0.3, 0.4) is 0 Å². The predicted octanol–water partition coefficient (Wildman–Crippen LogP) is 3.39. The second kappa shape index (κ2) is 5.97. The maximum absolute atomic E-state index is 13.7. The summed E-state index contributed by atoms with van der Waals surface area (Å²) in [5.74, 6) is -3.02. The summed E-state index contributed by atoms with van der Waals surface area (Å²) in [6.07, 6.45) is -5.22. The van der Waals surface area contributed by atoms with Gasteiger partial charge < -0.3 is 5.32 Å². The Morgan fingerprint density at radius 1 is 0.885 bits per heavy atom. The molecule has 1 aliphatic rings. The number of anilines is 2. The van der Waals surface area contributed by atoms with Crippen molar-refractivity contribution in [2.75, 3.05) is 10.2 Å². The zero-order chi connectivity index (χ0) is 19.1. The third-order valence-corrected chi connectivity index (χ3v) is 3.71. The Morgan fingerprint density at radius 3 is 1.88 bits per heavy atom. The molecule has 3 amide bonds. The van der Waals surface area contributed by atoms with Gasteiger partial charge in [-0.3, -0.25) is 10.1 Å². The molecule has 2 aromatic rings. The van der Waals surface area contributed by atoms with Crippen LogP contribution in [0.1, 0.15) is 0 Å². The van der Waals surface area contributed by atoms with E-state index in [1.807, 2.05) is 5.32 Å². The molecule has 1 aliphatic heterocycles. The van der Waals surface area contributed by atoms with Crippen LogP contribution in [-0.4, -0.2) is 23.8 Å². The first-order chi connectivity index (χ1) is 12.1. The van der Waals surface area contributed by atoms with Gasteiger partial charge in [0.15, 0.2) is 0 Å². The standard InChI is InChI=1S/C16H10F5N3O2/c17-9-1-5-11(6-2-9)22-15(16(19,20)21)13(25)24(14(26)23-15)12-7-3-10(18)4-8-12/h1-8,22H,(H,23,26)/t15-/m1/s1. The zero-order valence-corrected chi connectivity index (χ0v) is 12.8. The van der Waals surface area contributed by atoms with Crippen LogP contribution in [0.4, 0.5) is 38.1 Å². The lowest BCUT2D eigenvalue weighted by Crippen LogP contribution is -2.64. The smallest absolute Gasteiger partial charge is 0.347 e. The van der Waals surface area contributed by atoms with Gasteiger partial charge in [-0.05, 0) is 48.5 Å². The first kappa shape index (κ1) is 17.6. The molecule has 0 spiro atoms. The number of urea groups is 1. The monoisotopic (exact) mass is 371 g/mol. The number of carbonyl (C=O) groups is 2. The number of carbonyl (C=O) groups excluding carboxylic acids is 2. The van der Waals surface area contributed by atoms with Gasteiger partial charge in [0, 0.05) is 5.69 Å². The summed E-state index contributed by atoms with van der Waals surface area (Å²) in [6, 6.07) is 6.22. The molecule has 136 valence electrons. The van der Waals surface area contributed by atoms with Crippen LogP contribution in [-0.2, 0) is 4.79 Å². The minimum Gasteiger partial charge on any atom is -0.347 e. The summed E-state index contributed by atoms with van der Waals surface area (Å²) in [5.41, 5.74) is -3.92. The van der Waals surface area contributed by atoms with Crippen LogP contribution in [0, 0.1) is 11.6 Å². The molecule has 0 aromatic heterocycles. The predicted molar refractivity (Wildman–Crippen MR) is 81.2 cm³/mol. The molecule has 5 nitrogen and oxygen atoms in total. The summed E-state index contributed by atoms with van der Waals surface area (Å²) in [4.78, 5) is 24.9. The fourth-order valence-electron chi connectivity index (χ4n) is 2.45. The number of benzene rings is 2. The number of rotatable bonds is 3. The van der Waals surface area contributed by atoms with E-state index < -0.39 is 35.4 Å². The minimum absolute atomic E-state index is 0.235. The highest BCUT2D eigenvalue weighted by molar-refractivity contribution is 6.24. The van der Waals surface area contributed by atoms with Crippen LogP contribution >= 0.6 is 0 Å². The van der Waals surface area contributed by atoms with Crippen molar-refractivity contribution in [3.63, 3.8) is 0 Å². The summed E-state index contributed by atoms with van der Waals surface area (Å²) in [6.45, 7) is 0.